The number of hydrogen-bond acceptors (Lipinski definition) is 5. The molecule has 0 unspecified atom stereocenters. The van der Waals surface area contributed by atoms with Crippen molar-refractivity contribution in [3.8, 4) is 17.2 Å². The topological polar surface area (TPSA) is 56.8 Å². The van der Waals surface area contributed by atoms with E-state index in [4.69, 9.17) is 9.47 Å². The van der Waals surface area contributed by atoms with Gasteiger partial charge in [-0.25, -0.2) is 0 Å². The third-order valence-corrected chi connectivity index (χ3v) is 3.21. The number of nitrogens with one attached hydrogen (secondary N) is 1. The molecule has 1 aliphatic heterocycles. The van der Waals surface area contributed by atoms with E-state index in [9.17, 15) is 18.0 Å². The molecule has 1 heterocycles. The van der Waals surface area contributed by atoms with E-state index in [0.29, 0.717) is 22.7 Å². The maximum atomic E-state index is 12.2. The molecule has 3 rings (SSSR count). The van der Waals surface area contributed by atoms with Crippen LogP contribution in [-0.4, -0.2) is 18.9 Å². The second-order valence-electron chi connectivity index (χ2n) is 4.99. The van der Waals surface area contributed by atoms with Crippen molar-refractivity contribution in [2.24, 2.45) is 0 Å². The fourth-order valence-electron chi connectivity index (χ4n) is 2.14. The first-order chi connectivity index (χ1) is 11.9. The number of rotatable bonds is 5. The first-order valence-corrected chi connectivity index (χ1v) is 7.14. The van der Waals surface area contributed by atoms with Crippen molar-refractivity contribution < 1.29 is 32.2 Å². The van der Waals surface area contributed by atoms with Crippen LogP contribution in [0.15, 0.2) is 54.7 Å². The molecule has 130 valence electrons. The van der Waals surface area contributed by atoms with Gasteiger partial charge in [-0.2, -0.15) is 0 Å². The molecule has 0 saturated carbocycles. The predicted molar refractivity (Wildman–Crippen MR) is 82.8 cm³/mol. The highest BCUT2D eigenvalue weighted by Gasteiger charge is 2.31. The number of carbonyl (C=O) groups is 1. The summed E-state index contributed by atoms with van der Waals surface area (Å²) in [4.78, 5) is 12.1. The van der Waals surface area contributed by atoms with Crippen molar-refractivity contribution in [2.45, 2.75) is 6.36 Å². The third-order valence-electron chi connectivity index (χ3n) is 3.21. The van der Waals surface area contributed by atoms with Gasteiger partial charge in [0.25, 0.3) is 0 Å². The van der Waals surface area contributed by atoms with E-state index in [1.54, 1.807) is 24.3 Å². The highest BCUT2D eigenvalue weighted by Crippen LogP contribution is 2.32. The zero-order valence-corrected chi connectivity index (χ0v) is 12.7. The number of carbonyl (C=O) groups excluding carboxylic acids is 1. The van der Waals surface area contributed by atoms with Crippen LogP contribution in [0, 0.1) is 0 Å². The Bertz CT molecular complexity index is 818. The van der Waals surface area contributed by atoms with E-state index in [-0.39, 0.29) is 18.3 Å². The minimum Gasteiger partial charge on any atom is -0.454 e. The number of ether oxygens (including phenoxy) is 3. The second-order valence-corrected chi connectivity index (χ2v) is 4.99. The highest BCUT2D eigenvalue weighted by atomic mass is 19.4. The number of anilines is 1. The standard InChI is InChI=1S/C17H12F3NO4/c18-17(19,20)25-13-3-1-2-12(9-13)21-7-6-14(22)11-4-5-15-16(8-11)24-10-23-15/h1-9,21H,10H2. The molecule has 1 aliphatic rings. The van der Waals surface area contributed by atoms with Gasteiger partial charge < -0.3 is 19.5 Å². The van der Waals surface area contributed by atoms with Gasteiger partial charge >= 0.3 is 6.36 Å². The largest absolute Gasteiger partial charge is 0.573 e. The second kappa shape index (κ2) is 6.76. The van der Waals surface area contributed by atoms with Gasteiger partial charge in [0.05, 0.1) is 0 Å². The number of hydrogen-bond donors (Lipinski definition) is 1. The summed E-state index contributed by atoms with van der Waals surface area (Å²) < 4.78 is 50.8. The minimum absolute atomic E-state index is 0.112. The van der Waals surface area contributed by atoms with Crippen molar-refractivity contribution in [3.63, 3.8) is 0 Å². The molecule has 25 heavy (non-hydrogen) atoms. The maximum absolute atomic E-state index is 12.2. The van der Waals surface area contributed by atoms with Crippen molar-refractivity contribution in [2.75, 3.05) is 12.1 Å². The lowest BCUT2D eigenvalue weighted by Gasteiger charge is -2.09. The van der Waals surface area contributed by atoms with Crippen molar-refractivity contribution in [1.29, 1.82) is 0 Å². The SMILES string of the molecule is O=C(C=CNc1cccc(OC(F)(F)F)c1)c1ccc2c(c1)OCO2. The molecule has 0 aromatic heterocycles. The predicted octanol–water partition coefficient (Wildman–Crippen LogP) is 4.12. The van der Waals surface area contributed by atoms with Gasteiger partial charge in [-0.15, -0.1) is 13.2 Å². The number of halogens is 3. The fraction of sp³-hybridized carbons (Fsp3) is 0.118. The minimum atomic E-state index is -4.76. The van der Waals surface area contributed by atoms with Crippen LogP contribution in [0.3, 0.4) is 0 Å². The van der Waals surface area contributed by atoms with E-state index >= 15 is 0 Å². The summed E-state index contributed by atoms with van der Waals surface area (Å²) in [5, 5.41) is 2.72. The summed E-state index contributed by atoms with van der Waals surface area (Å²) in [6, 6.07) is 10.1. The van der Waals surface area contributed by atoms with Gasteiger partial charge in [0.1, 0.15) is 5.75 Å². The summed E-state index contributed by atoms with van der Waals surface area (Å²) in [7, 11) is 0. The molecule has 2 aromatic rings. The summed E-state index contributed by atoms with van der Waals surface area (Å²) in [5.41, 5.74) is 0.743. The first-order valence-electron chi connectivity index (χ1n) is 7.14. The average Bonchev–Trinajstić information content (AvgIpc) is 3.01. The number of benzene rings is 2. The molecule has 1 N–H and O–H groups in total. The van der Waals surface area contributed by atoms with Gasteiger partial charge in [-0.1, -0.05) is 6.07 Å². The van der Waals surface area contributed by atoms with E-state index in [0.717, 1.165) is 0 Å². The molecule has 0 amide bonds. The Labute approximate surface area is 140 Å². The Kier molecular flexibility index (Phi) is 4.51. The van der Waals surface area contributed by atoms with Crippen LogP contribution < -0.4 is 19.5 Å². The molecule has 5 nitrogen and oxygen atoms in total. The van der Waals surface area contributed by atoms with Crippen molar-refractivity contribution >= 4 is 11.5 Å². The number of ketones is 1. The molecule has 0 aliphatic carbocycles. The van der Waals surface area contributed by atoms with Gasteiger partial charge in [-0.3, -0.25) is 4.79 Å². The van der Waals surface area contributed by atoms with Crippen LogP contribution in [0.5, 0.6) is 17.2 Å². The summed E-state index contributed by atoms with van der Waals surface area (Å²) in [6.45, 7) is 0.112. The number of alkyl halides is 3. The van der Waals surface area contributed by atoms with E-state index < -0.39 is 6.36 Å². The monoisotopic (exact) mass is 351 g/mol. The molecular weight excluding hydrogens is 339 g/mol. The molecule has 0 radical (unpaired) electrons. The molecule has 8 heteroatoms. The van der Waals surface area contributed by atoms with Crippen LogP contribution in [0.2, 0.25) is 0 Å². The molecule has 0 fully saturated rings. The quantitative estimate of drug-likeness (QED) is 0.649. The average molecular weight is 351 g/mol. The lowest BCUT2D eigenvalue weighted by atomic mass is 10.1. The van der Waals surface area contributed by atoms with Gasteiger partial charge in [0.15, 0.2) is 17.3 Å². The van der Waals surface area contributed by atoms with Gasteiger partial charge in [0, 0.05) is 29.6 Å². The summed E-state index contributed by atoms with van der Waals surface area (Å²) >= 11 is 0. The summed E-state index contributed by atoms with van der Waals surface area (Å²) in [5.74, 6) is 0.408. The van der Waals surface area contributed by atoms with Gasteiger partial charge in [0.2, 0.25) is 6.79 Å². The first kappa shape index (κ1) is 16.7. The summed E-state index contributed by atoms with van der Waals surface area (Å²) in [6.07, 6.45) is -2.17. The van der Waals surface area contributed by atoms with E-state index in [1.807, 2.05) is 0 Å². The van der Waals surface area contributed by atoms with E-state index in [2.05, 4.69) is 10.1 Å². The number of allylic oxidation sites excluding steroid dienone is 1. The molecule has 0 saturated heterocycles. The molecule has 0 bridgehead atoms. The van der Waals surface area contributed by atoms with Crippen LogP contribution in [0.1, 0.15) is 10.4 Å². The lowest BCUT2D eigenvalue weighted by molar-refractivity contribution is -0.274. The van der Waals surface area contributed by atoms with Crippen LogP contribution in [0.4, 0.5) is 18.9 Å². The Morgan fingerprint density at radius 1 is 1.12 bits per heavy atom. The molecule has 0 spiro atoms. The van der Waals surface area contributed by atoms with Gasteiger partial charge in [-0.05, 0) is 30.3 Å². The highest BCUT2D eigenvalue weighted by molar-refractivity contribution is 6.05. The third kappa shape index (κ3) is 4.43. The fourth-order valence-corrected chi connectivity index (χ4v) is 2.14. The van der Waals surface area contributed by atoms with E-state index in [1.165, 1.54) is 30.5 Å². The Morgan fingerprint density at radius 2 is 1.92 bits per heavy atom. The molecule has 0 atom stereocenters. The number of fused-ring (bicyclic) bond motifs is 1. The smallest absolute Gasteiger partial charge is 0.454 e. The van der Waals surface area contributed by atoms with Crippen LogP contribution in [-0.2, 0) is 0 Å². The zero-order chi connectivity index (χ0) is 17.9. The van der Waals surface area contributed by atoms with Crippen LogP contribution >= 0.6 is 0 Å². The Morgan fingerprint density at radius 3 is 2.72 bits per heavy atom. The van der Waals surface area contributed by atoms with Crippen molar-refractivity contribution in [3.05, 3.63) is 60.3 Å². The molecule has 2 aromatic carbocycles. The maximum Gasteiger partial charge on any atom is 0.573 e. The van der Waals surface area contributed by atoms with Crippen molar-refractivity contribution in [1.82, 2.24) is 0 Å². The normalized spacial score (nSPS) is 13.1. The lowest BCUT2D eigenvalue weighted by Crippen LogP contribution is -2.17. The Balaban J connectivity index is 1.63. The zero-order valence-electron chi connectivity index (χ0n) is 12.7. The Hall–Kier alpha value is -3.16. The van der Waals surface area contributed by atoms with Crippen LogP contribution in [0.25, 0.3) is 0 Å². The molecular formula is C17H12F3NO4.